The summed E-state index contributed by atoms with van der Waals surface area (Å²) in [4.78, 5) is 25.7. The maximum Gasteiger partial charge on any atom is 0.318 e. The van der Waals surface area contributed by atoms with Gasteiger partial charge in [0.15, 0.2) is 9.84 Å². The van der Waals surface area contributed by atoms with Crippen molar-refractivity contribution >= 4 is 21.8 Å². The van der Waals surface area contributed by atoms with Gasteiger partial charge >= 0.3 is 6.03 Å². The Morgan fingerprint density at radius 3 is 2.57 bits per heavy atom. The van der Waals surface area contributed by atoms with Gasteiger partial charge in [-0.3, -0.25) is 10.1 Å². The van der Waals surface area contributed by atoms with Crippen LogP contribution in [0.4, 0.5) is 4.79 Å². The summed E-state index contributed by atoms with van der Waals surface area (Å²) in [6, 6.07) is 7.90. The standard InChI is InChI=1S/C13H14N4O5S/c14-13(19)15-10(18)6-7-23(20,21)8-11-16-12(17-22-11)9-4-2-1-3-5-9/h1-5H,6-8H2,(H3,14,15,18,19). The first-order chi connectivity index (χ1) is 10.9. The summed E-state index contributed by atoms with van der Waals surface area (Å²) in [6.07, 6.45) is -0.384. The van der Waals surface area contributed by atoms with Crippen molar-refractivity contribution in [1.29, 1.82) is 0 Å². The average Bonchev–Trinajstić information content (AvgIpc) is 2.93. The van der Waals surface area contributed by atoms with Gasteiger partial charge < -0.3 is 10.3 Å². The van der Waals surface area contributed by atoms with Gasteiger partial charge in [-0.15, -0.1) is 0 Å². The summed E-state index contributed by atoms with van der Waals surface area (Å²) < 4.78 is 28.7. The third-order valence-electron chi connectivity index (χ3n) is 2.75. The van der Waals surface area contributed by atoms with E-state index in [2.05, 4.69) is 10.1 Å². The molecule has 0 unspecified atom stereocenters. The van der Waals surface area contributed by atoms with Crippen LogP contribution in [-0.4, -0.2) is 36.2 Å². The molecular formula is C13H14N4O5S. The van der Waals surface area contributed by atoms with Crippen molar-refractivity contribution in [2.24, 2.45) is 5.73 Å². The molecule has 0 saturated carbocycles. The molecule has 0 aliphatic carbocycles. The summed E-state index contributed by atoms with van der Waals surface area (Å²) in [5.74, 6) is -1.51. The summed E-state index contributed by atoms with van der Waals surface area (Å²) in [6.45, 7) is 0. The number of hydrogen-bond acceptors (Lipinski definition) is 7. The molecule has 0 spiro atoms. The molecule has 0 aliphatic heterocycles. The number of amides is 3. The molecule has 2 aromatic rings. The van der Waals surface area contributed by atoms with E-state index in [0.29, 0.717) is 5.56 Å². The zero-order valence-electron chi connectivity index (χ0n) is 11.9. The predicted octanol–water partition coefficient (Wildman–Crippen LogP) is 0.236. The zero-order chi connectivity index (χ0) is 16.9. The predicted molar refractivity (Wildman–Crippen MR) is 79.6 cm³/mol. The zero-order valence-corrected chi connectivity index (χ0v) is 12.7. The molecule has 2 rings (SSSR count). The normalized spacial score (nSPS) is 11.1. The molecule has 0 aliphatic rings. The number of hydrogen-bond donors (Lipinski definition) is 2. The molecule has 122 valence electrons. The van der Waals surface area contributed by atoms with E-state index in [1.807, 2.05) is 6.07 Å². The van der Waals surface area contributed by atoms with E-state index < -0.39 is 33.3 Å². The van der Waals surface area contributed by atoms with Gasteiger partial charge in [0.1, 0.15) is 5.75 Å². The van der Waals surface area contributed by atoms with Gasteiger partial charge in [0.05, 0.1) is 5.75 Å². The van der Waals surface area contributed by atoms with Crippen LogP contribution in [0.2, 0.25) is 0 Å². The minimum absolute atomic E-state index is 0.0702. The van der Waals surface area contributed by atoms with Crippen LogP contribution in [-0.2, 0) is 20.4 Å². The largest absolute Gasteiger partial charge is 0.351 e. The van der Waals surface area contributed by atoms with E-state index in [1.165, 1.54) is 0 Å². The number of carbonyl (C=O) groups is 2. The Labute approximate surface area is 131 Å². The highest BCUT2D eigenvalue weighted by molar-refractivity contribution is 7.90. The molecule has 1 heterocycles. The molecule has 1 aromatic heterocycles. The third kappa shape index (κ3) is 5.18. The van der Waals surface area contributed by atoms with E-state index in [0.717, 1.165) is 0 Å². The van der Waals surface area contributed by atoms with Crippen molar-refractivity contribution in [2.45, 2.75) is 12.2 Å². The monoisotopic (exact) mass is 338 g/mol. The fraction of sp³-hybridized carbons (Fsp3) is 0.231. The van der Waals surface area contributed by atoms with Crippen molar-refractivity contribution in [3.8, 4) is 11.4 Å². The number of nitrogens with zero attached hydrogens (tertiary/aromatic N) is 2. The van der Waals surface area contributed by atoms with Crippen LogP contribution in [0.1, 0.15) is 12.3 Å². The minimum atomic E-state index is -3.64. The fourth-order valence-electron chi connectivity index (χ4n) is 1.73. The maximum absolute atomic E-state index is 11.9. The van der Waals surface area contributed by atoms with Crippen molar-refractivity contribution in [3.05, 3.63) is 36.2 Å². The number of nitrogens with two attached hydrogens (primary N) is 1. The smallest absolute Gasteiger partial charge is 0.318 e. The number of aromatic nitrogens is 2. The maximum atomic E-state index is 11.9. The van der Waals surface area contributed by atoms with Crippen LogP contribution in [0, 0.1) is 0 Å². The van der Waals surface area contributed by atoms with E-state index in [1.54, 1.807) is 29.6 Å². The summed E-state index contributed by atoms with van der Waals surface area (Å²) in [7, 11) is -3.64. The lowest BCUT2D eigenvalue weighted by Gasteiger charge is -2.01. The number of imide groups is 1. The molecule has 10 heteroatoms. The Morgan fingerprint density at radius 1 is 1.22 bits per heavy atom. The summed E-state index contributed by atoms with van der Waals surface area (Å²) in [5, 5.41) is 5.50. The molecule has 0 bridgehead atoms. The quantitative estimate of drug-likeness (QED) is 0.767. The first-order valence-electron chi connectivity index (χ1n) is 6.53. The number of nitrogens with one attached hydrogen (secondary N) is 1. The Morgan fingerprint density at radius 2 is 1.91 bits per heavy atom. The van der Waals surface area contributed by atoms with Gasteiger partial charge in [0.25, 0.3) is 0 Å². The lowest BCUT2D eigenvalue weighted by molar-refractivity contribution is -0.119. The number of primary amides is 1. The SMILES string of the molecule is NC(=O)NC(=O)CCS(=O)(=O)Cc1nc(-c2ccccc2)no1. The van der Waals surface area contributed by atoms with Crippen LogP contribution in [0.25, 0.3) is 11.4 Å². The van der Waals surface area contributed by atoms with Crippen LogP contribution in [0.15, 0.2) is 34.9 Å². The van der Waals surface area contributed by atoms with Gasteiger partial charge in [0.2, 0.25) is 17.6 Å². The molecule has 9 nitrogen and oxygen atoms in total. The summed E-state index contributed by atoms with van der Waals surface area (Å²) >= 11 is 0. The van der Waals surface area contributed by atoms with Gasteiger partial charge in [-0.2, -0.15) is 4.98 Å². The van der Waals surface area contributed by atoms with Gasteiger partial charge in [-0.05, 0) is 0 Å². The van der Waals surface area contributed by atoms with E-state index in [-0.39, 0.29) is 18.1 Å². The van der Waals surface area contributed by atoms with E-state index in [4.69, 9.17) is 10.3 Å². The second kappa shape index (κ2) is 7.01. The molecule has 1 aromatic carbocycles. The van der Waals surface area contributed by atoms with Gasteiger partial charge in [0, 0.05) is 12.0 Å². The number of carbonyl (C=O) groups excluding carboxylic acids is 2. The highest BCUT2D eigenvalue weighted by Crippen LogP contribution is 2.16. The Hall–Kier alpha value is -2.75. The highest BCUT2D eigenvalue weighted by Gasteiger charge is 2.19. The van der Waals surface area contributed by atoms with Crippen molar-refractivity contribution in [3.63, 3.8) is 0 Å². The van der Waals surface area contributed by atoms with Crippen molar-refractivity contribution < 1.29 is 22.5 Å². The van der Waals surface area contributed by atoms with Crippen LogP contribution in [0.3, 0.4) is 0 Å². The lowest BCUT2D eigenvalue weighted by Crippen LogP contribution is -2.35. The topological polar surface area (TPSA) is 145 Å². The second-order valence-corrected chi connectivity index (χ2v) is 6.82. The fourth-order valence-corrected chi connectivity index (χ4v) is 2.86. The van der Waals surface area contributed by atoms with Crippen LogP contribution in [0.5, 0.6) is 0 Å². The first kappa shape index (κ1) is 16.6. The number of urea groups is 1. The number of rotatable bonds is 6. The highest BCUT2D eigenvalue weighted by atomic mass is 32.2. The molecule has 0 saturated heterocycles. The molecule has 3 amide bonds. The molecule has 0 radical (unpaired) electrons. The summed E-state index contributed by atoms with van der Waals surface area (Å²) in [5.41, 5.74) is 5.46. The van der Waals surface area contributed by atoms with Crippen molar-refractivity contribution in [1.82, 2.24) is 15.5 Å². The van der Waals surface area contributed by atoms with Crippen LogP contribution >= 0.6 is 0 Å². The Balaban J connectivity index is 1.97. The number of benzene rings is 1. The van der Waals surface area contributed by atoms with Crippen LogP contribution < -0.4 is 11.1 Å². The minimum Gasteiger partial charge on any atom is -0.351 e. The molecule has 0 atom stereocenters. The average molecular weight is 338 g/mol. The van der Waals surface area contributed by atoms with Gasteiger partial charge in [-0.1, -0.05) is 35.5 Å². The van der Waals surface area contributed by atoms with E-state index >= 15 is 0 Å². The van der Waals surface area contributed by atoms with Gasteiger partial charge in [-0.25, -0.2) is 13.2 Å². The third-order valence-corrected chi connectivity index (χ3v) is 4.26. The molecule has 0 fully saturated rings. The Bertz CT molecular complexity index is 801. The Kier molecular flexibility index (Phi) is 5.06. The lowest BCUT2D eigenvalue weighted by atomic mass is 10.2. The molecular weight excluding hydrogens is 324 g/mol. The molecule has 23 heavy (non-hydrogen) atoms. The number of sulfone groups is 1. The van der Waals surface area contributed by atoms with Crippen molar-refractivity contribution in [2.75, 3.05) is 5.75 Å². The first-order valence-corrected chi connectivity index (χ1v) is 8.35. The second-order valence-electron chi connectivity index (χ2n) is 4.63. The molecule has 3 N–H and O–H groups in total. The van der Waals surface area contributed by atoms with E-state index in [9.17, 15) is 18.0 Å².